The van der Waals surface area contributed by atoms with Crippen molar-refractivity contribution in [2.24, 2.45) is 0 Å². The van der Waals surface area contributed by atoms with Crippen molar-refractivity contribution in [3.63, 3.8) is 0 Å². The molecule has 0 saturated carbocycles. The van der Waals surface area contributed by atoms with Crippen molar-refractivity contribution in [3.05, 3.63) is 80.1 Å². The van der Waals surface area contributed by atoms with Crippen LogP contribution >= 0.6 is 35.0 Å². The van der Waals surface area contributed by atoms with Crippen molar-refractivity contribution in [2.75, 3.05) is 4.90 Å². The van der Waals surface area contributed by atoms with E-state index >= 15 is 0 Å². The molecule has 1 saturated heterocycles. The number of hydrogen-bond donors (Lipinski definition) is 2. The fraction of sp³-hybridized carbons (Fsp3) is 0.0526. The van der Waals surface area contributed by atoms with Gasteiger partial charge in [0.2, 0.25) is 5.91 Å². The van der Waals surface area contributed by atoms with Crippen LogP contribution in [0.25, 0.3) is 5.70 Å². The summed E-state index contributed by atoms with van der Waals surface area (Å²) >= 11 is 13.3. The summed E-state index contributed by atoms with van der Waals surface area (Å²) in [6.45, 7) is 0. The van der Waals surface area contributed by atoms with Gasteiger partial charge in [0.1, 0.15) is 5.84 Å². The molecule has 0 radical (unpaired) electrons. The van der Waals surface area contributed by atoms with Crippen LogP contribution in [0.15, 0.2) is 64.5 Å². The summed E-state index contributed by atoms with van der Waals surface area (Å²) in [6, 6.07) is 14.4. The second kappa shape index (κ2) is 6.83. The van der Waals surface area contributed by atoms with Gasteiger partial charge >= 0.3 is 0 Å². The minimum Gasteiger partial charge on any atom is -0.349 e. The topological polar surface area (TPSA) is 56.2 Å². The van der Waals surface area contributed by atoms with Gasteiger partial charge in [0.15, 0.2) is 0 Å². The van der Waals surface area contributed by atoms with Crippen molar-refractivity contribution >= 4 is 58.1 Å². The average Bonchev–Trinajstić information content (AvgIpc) is 3.22. The van der Waals surface area contributed by atoms with Gasteiger partial charge in [-0.25, -0.2) is 0 Å². The summed E-state index contributed by atoms with van der Waals surface area (Å²) in [5.74, 6) is 0.0697. The Kier molecular flexibility index (Phi) is 4.53. The molecule has 0 spiro atoms. The molecule has 7 heteroatoms. The van der Waals surface area contributed by atoms with Gasteiger partial charge in [0, 0.05) is 21.0 Å². The Morgan fingerprint density at radius 2 is 1.62 bits per heavy atom. The molecule has 0 bridgehead atoms. The van der Waals surface area contributed by atoms with E-state index in [4.69, 9.17) is 28.6 Å². The molecule has 4 rings (SSSR count). The number of amidine groups is 1. The normalized spacial score (nSPS) is 19.8. The Bertz CT molecular complexity index is 965. The molecule has 2 aliphatic heterocycles. The van der Waals surface area contributed by atoms with Crippen LogP contribution in [0, 0.1) is 5.41 Å². The monoisotopic (exact) mass is 401 g/mol. The van der Waals surface area contributed by atoms with Gasteiger partial charge in [-0.15, -0.1) is 0 Å². The van der Waals surface area contributed by atoms with Crippen molar-refractivity contribution < 1.29 is 4.79 Å². The lowest BCUT2D eigenvalue weighted by Gasteiger charge is -2.16. The lowest BCUT2D eigenvalue weighted by Crippen LogP contribution is -2.28. The molecule has 2 heterocycles. The molecular weight excluding hydrogens is 389 g/mol. The number of thioether (sulfide) groups is 1. The molecule has 1 fully saturated rings. The van der Waals surface area contributed by atoms with E-state index in [9.17, 15) is 4.79 Å². The number of hydrogen-bond acceptors (Lipinski definition) is 4. The first kappa shape index (κ1) is 17.2. The van der Waals surface area contributed by atoms with Crippen LogP contribution in [0.3, 0.4) is 0 Å². The predicted octanol–water partition coefficient (Wildman–Crippen LogP) is 5.25. The molecule has 130 valence electrons. The van der Waals surface area contributed by atoms with Gasteiger partial charge in [0.05, 0.1) is 22.8 Å². The molecule has 2 aromatic carbocycles. The highest BCUT2D eigenvalue weighted by molar-refractivity contribution is 8.06. The van der Waals surface area contributed by atoms with E-state index in [1.54, 1.807) is 24.3 Å². The molecule has 4 nitrogen and oxygen atoms in total. The van der Waals surface area contributed by atoms with E-state index < -0.39 is 0 Å². The Hall–Kier alpha value is -2.21. The average molecular weight is 402 g/mol. The highest BCUT2D eigenvalue weighted by Crippen LogP contribution is 2.37. The summed E-state index contributed by atoms with van der Waals surface area (Å²) in [7, 11) is 0. The molecule has 0 aromatic heterocycles. The number of anilines is 1. The second-order valence-corrected chi connectivity index (χ2v) is 7.57. The lowest BCUT2D eigenvalue weighted by atomic mass is 10.1. The van der Waals surface area contributed by atoms with Gasteiger partial charge in [-0.1, -0.05) is 47.1 Å². The summed E-state index contributed by atoms with van der Waals surface area (Å²) in [5, 5.41) is 15.9. The maximum Gasteiger partial charge on any atom is 0.237 e. The Balaban J connectivity index is 1.59. The molecular formula is C19H13Cl2N3OS. The molecule has 2 aromatic rings. The number of benzene rings is 2. The van der Waals surface area contributed by atoms with Crippen LogP contribution in [0.2, 0.25) is 10.0 Å². The molecule has 0 unspecified atom stereocenters. The minimum absolute atomic E-state index is 0.123. The van der Waals surface area contributed by atoms with Crippen LogP contribution in [-0.4, -0.2) is 11.7 Å². The van der Waals surface area contributed by atoms with Gasteiger partial charge in [0.25, 0.3) is 0 Å². The number of carbonyl (C=O) groups is 1. The van der Waals surface area contributed by atoms with Gasteiger partial charge in [-0.2, -0.15) is 0 Å². The smallest absolute Gasteiger partial charge is 0.237 e. The van der Waals surface area contributed by atoms with E-state index in [-0.39, 0.29) is 18.2 Å². The molecule has 2 N–H and O–H groups in total. The quantitative estimate of drug-likeness (QED) is 0.721. The zero-order chi connectivity index (χ0) is 18.3. The van der Waals surface area contributed by atoms with Crippen LogP contribution in [-0.2, 0) is 4.79 Å². The van der Waals surface area contributed by atoms with Crippen LogP contribution in [0.5, 0.6) is 0 Å². The third-order valence-corrected chi connectivity index (χ3v) is 5.59. The highest BCUT2D eigenvalue weighted by atomic mass is 35.5. The molecule has 1 amide bonds. The lowest BCUT2D eigenvalue weighted by molar-refractivity contribution is -0.116. The van der Waals surface area contributed by atoms with Gasteiger partial charge in [-0.3, -0.25) is 15.1 Å². The fourth-order valence-corrected chi connectivity index (χ4v) is 4.00. The zero-order valence-electron chi connectivity index (χ0n) is 13.4. The maximum absolute atomic E-state index is 12.5. The van der Waals surface area contributed by atoms with Gasteiger partial charge in [-0.05, 0) is 42.0 Å². The fourth-order valence-electron chi connectivity index (χ4n) is 2.84. The Morgan fingerprint density at radius 3 is 2.27 bits per heavy atom. The van der Waals surface area contributed by atoms with Crippen molar-refractivity contribution in [2.45, 2.75) is 6.42 Å². The summed E-state index contributed by atoms with van der Waals surface area (Å²) in [4.78, 5) is 13.9. The zero-order valence-corrected chi connectivity index (χ0v) is 15.8. The first-order chi connectivity index (χ1) is 12.5. The standard InChI is InChI=1S/C19H13Cl2N3OS/c20-12-3-1-11(2-4-12)16-10-26-19(23-16)15-9-17(25)24(18(15)22)14-7-5-13(21)6-8-14/h1-8,10,22-23H,9H2. The first-order valence-corrected chi connectivity index (χ1v) is 9.47. The van der Waals surface area contributed by atoms with Crippen LogP contribution < -0.4 is 10.2 Å². The SMILES string of the molecule is N=C1C(=C2NC(c3ccc(Cl)cc3)=CS2)CC(=O)N1c1ccc(Cl)cc1. The first-order valence-electron chi connectivity index (χ1n) is 7.83. The van der Waals surface area contributed by atoms with E-state index in [0.717, 1.165) is 16.3 Å². The highest BCUT2D eigenvalue weighted by Gasteiger charge is 2.35. The predicted molar refractivity (Wildman–Crippen MR) is 108 cm³/mol. The number of halogens is 2. The number of nitrogens with zero attached hydrogens (tertiary/aromatic N) is 1. The molecule has 2 aliphatic rings. The van der Waals surface area contributed by atoms with E-state index in [0.29, 0.717) is 21.3 Å². The number of carbonyl (C=O) groups excluding carboxylic acids is 1. The Morgan fingerprint density at radius 1 is 1.00 bits per heavy atom. The van der Waals surface area contributed by atoms with Gasteiger partial charge < -0.3 is 5.32 Å². The summed E-state index contributed by atoms with van der Waals surface area (Å²) in [6.07, 6.45) is 0.193. The minimum atomic E-state index is -0.123. The largest absolute Gasteiger partial charge is 0.349 e. The van der Waals surface area contributed by atoms with Crippen LogP contribution in [0.1, 0.15) is 12.0 Å². The molecule has 26 heavy (non-hydrogen) atoms. The molecule has 0 atom stereocenters. The maximum atomic E-state index is 12.5. The Labute approximate surface area is 165 Å². The van der Waals surface area contributed by atoms with Crippen molar-refractivity contribution in [1.29, 1.82) is 5.41 Å². The van der Waals surface area contributed by atoms with Crippen molar-refractivity contribution in [3.8, 4) is 0 Å². The summed E-state index contributed by atoms with van der Waals surface area (Å²) in [5.41, 5.74) is 3.27. The third kappa shape index (κ3) is 3.14. The van der Waals surface area contributed by atoms with Crippen molar-refractivity contribution in [1.82, 2.24) is 5.32 Å². The van der Waals surface area contributed by atoms with E-state index in [1.807, 2.05) is 29.7 Å². The third-order valence-electron chi connectivity index (χ3n) is 4.14. The summed E-state index contributed by atoms with van der Waals surface area (Å²) < 4.78 is 0. The number of rotatable bonds is 2. The number of amides is 1. The number of nitrogens with one attached hydrogen (secondary N) is 2. The van der Waals surface area contributed by atoms with E-state index in [1.165, 1.54) is 16.7 Å². The second-order valence-electron chi connectivity index (χ2n) is 5.82. The molecule has 0 aliphatic carbocycles. The van der Waals surface area contributed by atoms with Crippen LogP contribution in [0.4, 0.5) is 5.69 Å². The van der Waals surface area contributed by atoms with E-state index in [2.05, 4.69) is 5.32 Å².